The number of piperazine rings is 1. The van der Waals surface area contributed by atoms with E-state index in [1.807, 2.05) is 0 Å². The average molecular weight is 459 g/mol. The third kappa shape index (κ3) is 8.27. The second-order valence-corrected chi connectivity index (χ2v) is 7.66. The molecule has 1 aliphatic heterocycles. The highest BCUT2D eigenvalue weighted by molar-refractivity contribution is 14.0. The summed E-state index contributed by atoms with van der Waals surface area (Å²) in [6, 6.07) is 8.78. The predicted octanol–water partition coefficient (Wildman–Crippen LogP) is 2.83. The first-order valence-electron chi connectivity index (χ1n) is 8.95. The van der Waals surface area contributed by atoms with Crippen LogP contribution in [0.2, 0.25) is 0 Å². The first kappa shape index (κ1) is 22.0. The van der Waals surface area contributed by atoms with Gasteiger partial charge >= 0.3 is 0 Å². The summed E-state index contributed by atoms with van der Waals surface area (Å²) in [5.41, 5.74) is 8.54. The lowest BCUT2D eigenvalue weighted by Crippen LogP contribution is -2.47. The van der Waals surface area contributed by atoms with Crippen LogP contribution in [0.15, 0.2) is 29.3 Å². The molecule has 2 rings (SSSR count). The SMILES string of the molecule is Cc1cccc(N2CCN(CCCN=C(N)NC(C)(C)C)CC2)c1.I. The number of aliphatic imine (C=N–C) groups is 1. The first-order chi connectivity index (χ1) is 11.3. The Morgan fingerprint density at radius 2 is 1.88 bits per heavy atom. The minimum absolute atomic E-state index is 0. The van der Waals surface area contributed by atoms with Crippen molar-refractivity contribution in [2.45, 2.75) is 39.7 Å². The van der Waals surface area contributed by atoms with Gasteiger partial charge in [-0.3, -0.25) is 9.89 Å². The molecule has 1 heterocycles. The lowest BCUT2D eigenvalue weighted by Gasteiger charge is -2.36. The number of anilines is 1. The summed E-state index contributed by atoms with van der Waals surface area (Å²) < 4.78 is 0. The molecule has 5 nitrogen and oxygen atoms in total. The predicted molar refractivity (Wildman–Crippen MR) is 119 cm³/mol. The Bertz CT molecular complexity index is 545. The van der Waals surface area contributed by atoms with E-state index in [1.165, 1.54) is 11.3 Å². The van der Waals surface area contributed by atoms with Gasteiger partial charge in [0.1, 0.15) is 0 Å². The molecule has 142 valence electrons. The lowest BCUT2D eigenvalue weighted by atomic mass is 10.1. The number of hydrogen-bond donors (Lipinski definition) is 2. The van der Waals surface area contributed by atoms with E-state index in [1.54, 1.807) is 0 Å². The van der Waals surface area contributed by atoms with Crippen LogP contribution in [-0.2, 0) is 0 Å². The topological polar surface area (TPSA) is 56.9 Å². The summed E-state index contributed by atoms with van der Waals surface area (Å²) in [6.45, 7) is 14.7. The van der Waals surface area contributed by atoms with Crippen molar-refractivity contribution in [1.82, 2.24) is 10.2 Å². The van der Waals surface area contributed by atoms with Crippen LogP contribution in [-0.4, -0.2) is 55.7 Å². The number of nitrogens with one attached hydrogen (secondary N) is 1. The number of rotatable bonds is 5. The molecule has 0 amide bonds. The van der Waals surface area contributed by atoms with E-state index in [2.05, 4.69) is 72.1 Å². The van der Waals surface area contributed by atoms with Gasteiger partial charge in [0.05, 0.1) is 0 Å². The van der Waals surface area contributed by atoms with Crippen molar-refractivity contribution in [1.29, 1.82) is 0 Å². The molecule has 0 radical (unpaired) electrons. The normalized spacial score (nSPS) is 16.5. The number of aryl methyl sites for hydroxylation is 1. The fourth-order valence-corrected chi connectivity index (χ4v) is 2.97. The van der Waals surface area contributed by atoms with E-state index in [0.29, 0.717) is 5.96 Å². The van der Waals surface area contributed by atoms with Crippen molar-refractivity contribution in [2.75, 3.05) is 44.2 Å². The Labute approximate surface area is 170 Å². The third-order valence-electron chi connectivity index (χ3n) is 4.16. The van der Waals surface area contributed by atoms with Gasteiger partial charge in [-0.25, -0.2) is 0 Å². The summed E-state index contributed by atoms with van der Waals surface area (Å²) in [5, 5.41) is 3.19. The van der Waals surface area contributed by atoms with E-state index >= 15 is 0 Å². The standard InChI is InChI=1S/C19H33N5.HI/c1-16-7-5-8-17(15-16)24-13-11-23(12-14-24)10-6-9-21-18(20)22-19(2,3)4;/h5,7-8,15H,6,9-14H2,1-4H3,(H3,20,21,22);1H. The maximum Gasteiger partial charge on any atom is 0.188 e. The second kappa shape index (κ2) is 10.2. The van der Waals surface area contributed by atoms with Gasteiger partial charge in [0, 0.05) is 50.5 Å². The highest BCUT2D eigenvalue weighted by Crippen LogP contribution is 2.17. The molecular weight excluding hydrogens is 425 g/mol. The summed E-state index contributed by atoms with van der Waals surface area (Å²) >= 11 is 0. The first-order valence-corrected chi connectivity index (χ1v) is 8.95. The third-order valence-corrected chi connectivity index (χ3v) is 4.16. The summed E-state index contributed by atoms with van der Waals surface area (Å²) in [4.78, 5) is 9.41. The molecule has 0 saturated carbocycles. The molecule has 0 spiro atoms. The van der Waals surface area contributed by atoms with Crippen molar-refractivity contribution in [2.24, 2.45) is 10.7 Å². The van der Waals surface area contributed by atoms with Crippen molar-refractivity contribution in [3.63, 3.8) is 0 Å². The molecule has 1 fully saturated rings. The highest BCUT2D eigenvalue weighted by atomic mass is 127. The van der Waals surface area contributed by atoms with Crippen LogP contribution in [0.25, 0.3) is 0 Å². The molecule has 0 atom stereocenters. The minimum atomic E-state index is -0.0281. The highest BCUT2D eigenvalue weighted by Gasteiger charge is 2.16. The zero-order chi connectivity index (χ0) is 17.6. The van der Waals surface area contributed by atoms with E-state index in [9.17, 15) is 0 Å². The Kier molecular flexibility index (Phi) is 8.99. The summed E-state index contributed by atoms with van der Waals surface area (Å²) in [5.74, 6) is 0.548. The maximum atomic E-state index is 5.89. The van der Waals surface area contributed by atoms with Gasteiger partial charge < -0.3 is 16.0 Å². The number of nitrogens with zero attached hydrogens (tertiary/aromatic N) is 3. The van der Waals surface area contributed by atoms with E-state index in [-0.39, 0.29) is 29.5 Å². The Hall–Kier alpha value is -1.02. The maximum absolute atomic E-state index is 5.89. The number of benzene rings is 1. The van der Waals surface area contributed by atoms with E-state index < -0.39 is 0 Å². The number of nitrogens with two attached hydrogens (primary N) is 1. The molecule has 0 unspecified atom stereocenters. The van der Waals surface area contributed by atoms with Gasteiger partial charge in [0.25, 0.3) is 0 Å². The van der Waals surface area contributed by atoms with Crippen LogP contribution in [0.5, 0.6) is 0 Å². The van der Waals surface area contributed by atoms with Crippen LogP contribution in [0.1, 0.15) is 32.8 Å². The summed E-state index contributed by atoms with van der Waals surface area (Å²) in [7, 11) is 0. The molecule has 0 aromatic heterocycles. The van der Waals surface area contributed by atoms with Crippen molar-refractivity contribution >= 4 is 35.6 Å². The monoisotopic (exact) mass is 459 g/mol. The van der Waals surface area contributed by atoms with Gasteiger partial charge in [0.15, 0.2) is 5.96 Å². The van der Waals surface area contributed by atoms with Crippen LogP contribution >= 0.6 is 24.0 Å². The smallest absolute Gasteiger partial charge is 0.188 e. The van der Waals surface area contributed by atoms with Crippen molar-refractivity contribution in [3.8, 4) is 0 Å². The molecule has 25 heavy (non-hydrogen) atoms. The van der Waals surface area contributed by atoms with Crippen molar-refractivity contribution in [3.05, 3.63) is 29.8 Å². The van der Waals surface area contributed by atoms with Gasteiger partial charge in [-0.1, -0.05) is 12.1 Å². The fourth-order valence-electron chi connectivity index (χ4n) is 2.97. The molecular formula is C19H34IN5. The zero-order valence-electron chi connectivity index (χ0n) is 16.1. The number of halogens is 1. The molecule has 0 bridgehead atoms. The van der Waals surface area contributed by atoms with Gasteiger partial charge in [0.2, 0.25) is 0 Å². The average Bonchev–Trinajstić information content (AvgIpc) is 2.50. The minimum Gasteiger partial charge on any atom is -0.370 e. The molecule has 0 aliphatic carbocycles. The zero-order valence-corrected chi connectivity index (χ0v) is 18.4. The van der Waals surface area contributed by atoms with Crippen LogP contribution in [0.4, 0.5) is 5.69 Å². The number of hydrogen-bond acceptors (Lipinski definition) is 3. The van der Waals surface area contributed by atoms with Crippen LogP contribution in [0, 0.1) is 6.92 Å². The lowest BCUT2D eigenvalue weighted by molar-refractivity contribution is 0.256. The van der Waals surface area contributed by atoms with Crippen LogP contribution in [0.3, 0.4) is 0 Å². The van der Waals surface area contributed by atoms with Crippen molar-refractivity contribution < 1.29 is 0 Å². The fraction of sp³-hybridized carbons (Fsp3) is 0.632. The largest absolute Gasteiger partial charge is 0.370 e. The Balaban J connectivity index is 0.00000312. The van der Waals surface area contributed by atoms with Crippen LogP contribution < -0.4 is 16.0 Å². The quantitative estimate of drug-likeness (QED) is 0.308. The van der Waals surface area contributed by atoms with Gasteiger partial charge in [-0.15, -0.1) is 24.0 Å². The Morgan fingerprint density at radius 1 is 1.20 bits per heavy atom. The molecule has 1 aliphatic rings. The second-order valence-electron chi connectivity index (χ2n) is 7.66. The van der Waals surface area contributed by atoms with Gasteiger partial charge in [-0.05, 0) is 51.8 Å². The Morgan fingerprint density at radius 3 is 2.48 bits per heavy atom. The molecule has 6 heteroatoms. The molecule has 1 aromatic carbocycles. The molecule has 1 aromatic rings. The number of guanidine groups is 1. The van der Waals surface area contributed by atoms with E-state index in [0.717, 1.165) is 45.7 Å². The van der Waals surface area contributed by atoms with E-state index in [4.69, 9.17) is 5.73 Å². The molecule has 1 saturated heterocycles. The van der Waals surface area contributed by atoms with Gasteiger partial charge in [-0.2, -0.15) is 0 Å². The summed E-state index contributed by atoms with van der Waals surface area (Å²) in [6.07, 6.45) is 1.05. The molecule has 3 N–H and O–H groups in total.